The van der Waals surface area contributed by atoms with Crippen molar-refractivity contribution in [3.05, 3.63) is 45.4 Å². The van der Waals surface area contributed by atoms with Gasteiger partial charge in [0, 0.05) is 18.2 Å². The van der Waals surface area contributed by atoms with Gasteiger partial charge in [-0.15, -0.1) is 0 Å². The molecule has 0 aliphatic rings. The highest BCUT2D eigenvalue weighted by Gasteiger charge is 2.23. The first-order valence-electron chi connectivity index (χ1n) is 9.02. The first-order valence-corrected chi connectivity index (χ1v) is 10.3. The minimum Gasteiger partial charge on any atom is -0.383 e. The molecule has 0 bridgehead atoms. The highest BCUT2D eigenvalue weighted by Crippen LogP contribution is 2.26. The van der Waals surface area contributed by atoms with Crippen LogP contribution in [-0.2, 0) is 16.1 Å². The van der Waals surface area contributed by atoms with E-state index in [2.05, 4.69) is 15.5 Å². The van der Waals surface area contributed by atoms with Gasteiger partial charge in [0.05, 0.1) is 29.3 Å². The van der Waals surface area contributed by atoms with Crippen molar-refractivity contribution < 1.29 is 14.1 Å². The molecule has 10 heteroatoms. The molecule has 1 unspecified atom stereocenters. The number of nitrogens with one attached hydrogen (secondary N) is 1. The van der Waals surface area contributed by atoms with Crippen LogP contribution in [0.2, 0.25) is 5.02 Å². The Hall–Kier alpha value is -2.36. The van der Waals surface area contributed by atoms with E-state index in [-0.39, 0.29) is 11.5 Å². The van der Waals surface area contributed by atoms with E-state index >= 15 is 0 Å². The number of ether oxygens (including phenoxy) is 1. The zero-order valence-corrected chi connectivity index (χ0v) is 17.8. The number of amides is 1. The lowest BCUT2D eigenvalue weighted by molar-refractivity contribution is -0.115. The summed E-state index contributed by atoms with van der Waals surface area (Å²) in [5, 5.41) is 7.42. The van der Waals surface area contributed by atoms with Crippen molar-refractivity contribution in [2.45, 2.75) is 37.2 Å². The first kappa shape index (κ1) is 21.4. The summed E-state index contributed by atoms with van der Waals surface area (Å²) < 4.78 is 11.6. The van der Waals surface area contributed by atoms with Crippen molar-refractivity contribution in [3.63, 3.8) is 0 Å². The molecule has 0 radical (unpaired) electrons. The Morgan fingerprint density at radius 1 is 1.41 bits per heavy atom. The number of aromatic nitrogens is 3. The van der Waals surface area contributed by atoms with Gasteiger partial charge in [0.1, 0.15) is 5.76 Å². The summed E-state index contributed by atoms with van der Waals surface area (Å²) in [4.78, 5) is 30.3. The molecule has 0 spiro atoms. The average Bonchev–Trinajstić information content (AvgIpc) is 3.09. The second-order valence-electron chi connectivity index (χ2n) is 6.33. The maximum atomic E-state index is 13.0. The van der Waals surface area contributed by atoms with E-state index in [1.165, 1.54) is 16.3 Å². The second kappa shape index (κ2) is 9.43. The van der Waals surface area contributed by atoms with E-state index < -0.39 is 5.25 Å². The Balaban J connectivity index is 1.94. The lowest BCUT2D eigenvalue weighted by Gasteiger charge is -2.17. The summed E-state index contributed by atoms with van der Waals surface area (Å²) >= 11 is 7.28. The minimum atomic E-state index is -0.482. The molecule has 1 amide bonds. The van der Waals surface area contributed by atoms with Crippen LogP contribution in [0.4, 0.5) is 5.82 Å². The number of rotatable bonds is 8. The number of carbonyl (C=O) groups excluding carboxylic acids is 1. The molecular weight excluding hydrogens is 416 g/mol. The quantitative estimate of drug-likeness (QED) is 0.426. The first-order chi connectivity index (χ1) is 13.9. The number of aryl methyl sites for hydroxylation is 1. The smallest absolute Gasteiger partial charge is 0.262 e. The molecule has 3 rings (SSSR count). The van der Waals surface area contributed by atoms with Gasteiger partial charge in [0.2, 0.25) is 5.91 Å². The van der Waals surface area contributed by atoms with Crippen molar-refractivity contribution in [2.24, 2.45) is 0 Å². The van der Waals surface area contributed by atoms with Gasteiger partial charge in [-0.05, 0) is 31.5 Å². The van der Waals surface area contributed by atoms with E-state index in [0.29, 0.717) is 52.2 Å². The number of thioether (sulfide) groups is 1. The fourth-order valence-electron chi connectivity index (χ4n) is 2.73. The van der Waals surface area contributed by atoms with Gasteiger partial charge in [0.25, 0.3) is 5.56 Å². The number of hydrogen-bond acceptors (Lipinski definition) is 7. The molecule has 1 N–H and O–H groups in total. The summed E-state index contributed by atoms with van der Waals surface area (Å²) in [6, 6.07) is 6.59. The molecule has 29 heavy (non-hydrogen) atoms. The highest BCUT2D eigenvalue weighted by atomic mass is 35.5. The monoisotopic (exact) mass is 436 g/mol. The van der Waals surface area contributed by atoms with Crippen LogP contribution < -0.4 is 10.9 Å². The molecule has 0 aliphatic carbocycles. The third kappa shape index (κ3) is 4.98. The molecule has 1 aromatic carbocycles. The Labute approximate surface area is 176 Å². The fourth-order valence-corrected chi connectivity index (χ4v) is 3.93. The largest absolute Gasteiger partial charge is 0.383 e. The SMILES string of the molecule is CCC(Sc1nc2cc(Cl)ccc2c(=O)n1CCOC)C(=O)Nc1cc(C)on1. The highest BCUT2D eigenvalue weighted by molar-refractivity contribution is 8.00. The molecule has 0 saturated heterocycles. The maximum absolute atomic E-state index is 13.0. The molecule has 0 saturated carbocycles. The van der Waals surface area contributed by atoms with Crippen LogP contribution in [0.15, 0.2) is 38.7 Å². The third-order valence-electron chi connectivity index (χ3n) is 4.19. The van der Waals surface area contributed by atoms with E-state index in [9.17, 15) is 9.59 Å². The Bertz CT molecular complexity index is 1080. The Morgan fingerprint density at radius 2 is 2.21 bits per heavy atom. The van der Waals surface area contributed by atoms with Gasteiger partial charge in [-0.1, -0.05) is 35.4 Å². The lowest BCUT2D eigenvalue weighted by atomic mass is 10.2. The van der Waals surface area contributed by atoms with Crippen molar-refractivity contribution in [1.82, 2.24) is 14.7 Å². The minimum absolute atomic E-state index is 0.200. The van der Waals surface area contributed by atoms with E-state index in [1.807, 2.05) is 6.92 Å². The van der Waals surface area contributed by atoms with Crippen molar-refractivity contribution in [3.8, 4) is 0 Å². The summed E-state index contributed by atoms with van der Waals surface area (Å²) in [5.41, 5.74) is 0.287. The topological polar surface area (TPSA) is 99.2 Å². The Morgan fingerprint density at radius 3 is 2.86 bits per heavy atom. The van der Waals surface area contributed by atoms with Gasteiger partial charge in [-0.2, -0.15) is 0 Å². The van der Waals surface area contributed by atoms with Crippen LogP contribution in [0.5, 0.6) is 0 Å². The number of anilines is 1. The molecule has 2 aromatic heterocycles. The predicted octanol–water partition coefficient (Wildman–Crippen LogP) is 3.50. The normalized spacial score (nSPS) is 12.3. The molecule has 1 atom stereocenters. The predicted molar refractivity (Wildman–Crippen MR) is 113 cm³/mol. The van der Waals surface area contributed by atoms with E-state index in [0.717, 1.165) is 0 Å². The summed E-state index contributed by atoms with van der Waals surface area (Å²) in [6.45, 7) is 4.30. The zero-order chi connectivity index (χ0) is 21.0. The van der Waals surface area contributed by atoms with E-state index in [1.54, 1.807) is 38.3 Å². The van der Waals surface area contributed by atoms with Crippen LogP contribution in [0.25, 0.3) is 10.9 Å². The molecule has 0 aliphatic heterocycles. The number of hydrogen-bond donors (Lipinski definition) is 1. The van der Waals surface area contributed by atoms with Gasteiger partial charge in [0.15, 0.2) is 11.0 Å². The summed E-state index contributed by atoms with van der Waals surface area (Å²) in [7, 11) is 1.56. The van der Waals surface area contributed by atoms with Crippen LogP contribution >= 0.6 is 23.4 Å². The average molecular weight is 437 g/mol. The maximum Gasteiger partial charge on any atom is 0.262 e. The molecule has 154 valence electrons. The molecule has 8 nitrogen and oxygen atoms in total. The van der Waals surface area contributed by atoms with Crippen LogP contribution in [-0.4, -0.2) is 39.6 Å². The fraction of sp³-hybridized carbons (Fsp3) is 0.368. The summed E-state index contributed by atoms with van der Waals surface area (Å²) in [5.74, 6) is 0.702. The van der Waals surface area contributed by atoms with Crippen LogP contribution in [0.3, 0.4) is 0 Å². The number of benzene rings is 1. The Kier molecular flexibility index (Phi) is 6.94. The van der Waals surface area contributed by atoms with E-state index in [4.69, 9.17) is 20.9 Å². The molecule has 2 heterocycles. The van der Waals surface area contributed by atoms with Gasteiger partial charge in [-0.25, -0.2) is 4.98 Å². The van der Waals surface area contributed by atoms with Crippen molar-refractivity contribution in [1.29, 1.82) is 0 Å². The number of methoxy groups -OCH3 is 1. The summed E-state index contributed by atoms with van der Waals surface area (Å²) in [6.07, 6.45) is 0.529. The van der Waals surface area contributed by atoms with Gasteiger partial charge >= 0.3 is 0 Å². The third-order valence-corrected chi connectivity index (χ3v) is 5.78. The van der Waals surface area contributed by atoms with Crippen molar-refractivity contribution in [2.75, 3.05) is 19.0 Å². The zero-order valence-electron chi connectivity index (χ0n) is 16.3. The molecule has 3 aromatic rings. The van der Waals surface area contributed by atoms with Crippen LogP contribution in [0, 0.1) is 6.92 Å². The number of carbonyl (C=O) groups is 1. The number of fused-ring (bicyclic) bond motifs is 1. The van der Waals surface area contributed by atoms with Crippen LogP contribution in [0.1, 0.15) is 19.1 Å². The second-order valence-corrected chi connectivity index (χ2v) is 7.94. The molecular formula is C19H21ClN4O4S. The standard InChI is InChI=1S/C19H21ClN4O4S/c1-4-15(17(25)22-16-9-11(2)28-23-16)29-19-21-14-10-12(20)5-6-13(14)18(26)24(19)7-8-27-3/h5-6,9-10,15H,4,7-8H2,1-3H3,(H,22,23,25). The van der Waals surface area contributed by atoms with Gasteiger partial charge in [-0.3, -0.25) is 14.2 Å². The lowest BCUT2D eigenvalue weighted by Crippen LogP contribution is -2.29. The van der Waals surface area contributed by atoms with Crippen molar-refractivity contribution >= 4 is 46.0 Å². The molecule has 0 fully saturated rings. The van der Waals surface area contributed by atoms with Gasteiger partial charge < -0.3 is 14.6 Å². The number of nitrogens with zero attached hydrogens (tertiary/aromatic N) is 3. The number of halogens is 1.